The molecule has 2 aromatic heterocycles. The zero-order chi connectivity index (χ0) is 35.7. The van der Waals surface area contributed by atoms with E-state index in [0.717, 1.165) is 38.8 Å². The van der Waals surface area contributed by atoms with Crippen LogP contribution in [0.4, 0.5) is 0 Å². The van der Waals surface area contributed by atoms with Crippen molar-refractivity contribution in [1.29, 1.82) is 0 Å². The van der Waals surface area contributed by atoms with Crippen molar-refractivity contribution >= 4 is 35.7 Å². The number of amides is 2. The molecule has 0 unspecified atom stereocenters. The largest absolute Gasteiger partial charge is 2.00 e. The third-order valence-corrected chi connectivity index (χ3v) is 4.23. The summed E-state index contributed by atoms with van der Waals surface area (Å²) in [5.41, 5.74) is 13.5. The van der Waals surface area contributed by atoms with Crippen LogP contribution in [0.15, 0.2) is 85.5 Å². The zero-order valence-corrected chi connectivity index (χ0v) is 28.0. The molecule has 0 fully saturated rings. The molecule has 0 bridgehead atoms. The van der Waals surface area contributed by atoms with Gasteiger partial charge in [0.1, 0.15) is 0 Å². The van der Waals surface area contributed by atoms with Gasteiger partial charge in [-0.25, -0.2) is 0 Å². The Balaban J connectivity index is -0.000000273. The molecule has 0 aliphatic heterocycles. The van der Waals surface area contributed by atoms with E-state index >= 15 is 0 Å². The number of hydrogen-bond acceptors (Lipinski definition) is 12. The van der Waals surface area contributed by atoms with E-state index in [9.17, 15) is 9.59 Å². The van der Waals surface area contributed by atoms with Crippen molar-refractivity contribution in [2.75, 3.05) is 0 Å². The summed E-state index contributed by atoms with van der Waals surface area (Å²) >= 11 is 0. The number of nitrogens with zero attached hydrogens (tertiary/aromatic N) is 4. The van der Waals surface area contributed by atoms with E-state index in [1.807, 2.05) is 48.8 Å². The zero-order valence-electron chi connectivity index (χ0n) is 26.1. The van der Waals surface area contributed by atoms with Gasteiger partial charge < -0.3 is 51.1 Å². The van der Waals surface area contributed by atoms with Crippen molar-refractivity contribution in [3.05, 3.63) is 108 Å². The molecule has 16 nitrogen and oxygen atoms in total. The van der Waals surface area contributed by atoms with E-state index in [1.165, 1.54) is 0 Å². The van der Waals surface area contributed by atoms with Gasteiger partial charge in [0.2, 0.25) is 11.8 Å². The Kier molecular flexibility index (Phi) is 30.1. The van der Waals surface area contributed by atoms with Crippen molar-refractivity contribution in [3.63, 3.8) is 0 Å². The Bertz CT molecular complexity index is 1360. The van der Waals surface area contributed by atoms with Gasteiger partial charge in [0.15, 0.2) is 0 Å². The summed E-state index contributed by atoms with van der Waals surface area (Å²) in [5.74, 6) is -5.14. The van der Waals surface area contributed by atoms with E-state index in [1.54, 1.807) is 46.0 Å². The van der Waals surface area contributed by atoms with E-state index in [2.05, 4.69) is 10.2 Å². The Morgan fingerprint density at radius 1 is 0.562 bits per heavy atom. The maximum atomic E-state index is 11.0. The van der Waals surface area contributed by atoms with E-state index < -0.39 is 35.7 Å². The van der Waals surface area contributed by atoms with Gasteiger partial charge in [-0.15, -0.1) is 0 Å². The van der Waals surface area contributed by atoms with Crippen LogP contribution in [0.3, 0.4) is 0 Å². The second-order valence-corrected chi connectivity index (χ2v) is 8.50. The van der Waals surface area contributed by atoms with Crippen LogP contribution in [-0.4, -0.2) is 55.3 Å². The number of aromatic nitrogens is 4. The first kappa shape index (κ1) is 49.6. The van der Waals surface area contributed by atoms with Crippen LogP contribution in [0.2, 0.25) is 0 Å². The average molecular weight is 766 g/mol. The van der Waals surface area contributed by atoms with Gasteiger partial charge >= 0.3 is 34.1 Å². The Morgan fingerprint density at radius 3 is 1.04 bits per heavy atom. The van der Waals surface area contributed by atoms with Crippen LogP contribution < -0.4 is 31.9 Å². The number of primary amides is 2. The SMILES string of the molecule is CC(=O)[O-].CC(=O)[O-].CC(=O)[O-].CC(=O)[O-].NC(=O)c1cccc(Cn2cccn2)c1.NC(=O)c1cccc(Cn2cccn2)c1.[Cu+2].[Cu+2]. The molecule has 0 saturated carbocycles. The van der Waals surface area contributed by atoms with Crippen molar-refractivity contribution in [2.24, 2.45) is 11.5 Å². The average Bonchev–Trinajstić information content (AvgIpc) is 3.63. The Morgan fingerprint density at radius 2 is 0.833 bits per heavy atom. The standard InChI is InChI=1S/2C11H11N3O.4C2H4O2.2Cu/c2*12-11(15)10-4-1-3-9(7-10)8-14-6-2-5-13-14;4*1-2(3)4;;/h2*1-7H,8H2,(H2,12,15);4*1H3,(H,3,4);;/q;;;;;;2*+2/p-4. The normalized spacial score (nSPS) is 8.42. The quantitative estimate of drug-likeness (QED) is 0.187. The van der Waals surface area contributed by atoms with Gasteiger partial charge in [-0.2, -0.15) is 10.2 Å². The summed E-state index contributed by atoms with van der Waals surface area (Å²) in [6, 6.07) is 18.2. The third-order valence-electron chi connectivity index (χ3n) is 4.23. The van der Waals surface area contributed by atoms with Crippen molar-refractivity contribution in [1.82, 2.24) is 19.6 Å². The fourth-order valence-corrected chi connectivity index (χ4v) is 2.81. The number of nitrogens with two attached hydrogens (primary N) is 2. The van der Waals surface area contributed by atoms with Gasteiger partial charge in [-0.3, -0.25) is 19.0 Å². The van der Waals surface area contributed by atoms with Crippen molar-refractivity contribution < 1.29 is 83.3 Å². The van der Waals surface area contributed by atoms with Crippen molar-refractivity contribution in [3.8, 4) is 0 Å². The molecule has 0 aliphatic rings. The molecule has 0 atom stereocenters. The molecule has 0 spiro atoms. The summed E-state index contributed by atoms with van der Waals surface area (Å²) in [6.07, 6.45) is 7.18. The number of carboxylic acid groups (broad SMARTS) is 4. The second-order valence-electron chi connectivity index (χ2n) is 8.50. The molecule has 18 heteroatoms. The summed E-state index contributed by atoms with van der Waals surface area (Å²) < 4.78 is 3.58. The molecular formula is C30H34Cu2N6O10. The van der Waals surface area contributed by atoms with Gasteiger partial charge in [-0.05, 0) is 75.2 Å². The number of rotatable bonds is 6. The van der Waals surface area contributed by atoms with E-state index in [0.29, 0.717) is 24.2 Å². The first-order valence-corrected chi connectivity index (χ1v) is 12.9. The smallest absolute Gasteiger partial charge is 0.550 e. The molecule has 2 radical (unpaired) electrons. The van der Waals surface area contributed by atoms with Crippen LogP contribution in [0.25, 0.3) is 0 Å². The fraction of sp³-hybridized carbons (Fsp3) is 0.200. The summed E-state index contributed by atoms with van der Waals surface area (Å²) in [4.78, 5) is 57.5. The summed E-state index contributed by atoms with van der Waals surface area (Å²) in [7, 11) is 0. The number of benzene rings is 2. The van der Waals surface area contributed by atoms with E-state index in [-0.39, 0.29) is 34.1 Å². The molecule has 48 heavy (non-hydrogen) atoms. The fourth-order valence-electron chi connectivity index (χ4n) is 2.81. The topological polar surface area (TPSA) is 282 Å². The Labute approximate surface area is 297 Å². The van der Waals surface area contributed by atoms with Crippen LogP contribution >= 0.6 is 0 Å². The molecule has 4 aromatic rings. The molecule has 266 valence electrons. The molecular weight excluding hydrogens is 731 g/mol. The summed E-state index contributed by atoms with van der Waals surface area (Å²) in [6.45, 7) is 5.18. The van der Waals surface area contributed by atoms with Crippen LogP contribution in [0.5, 0.6) is 0 Å². The number of carbonyl (C=O) groups is 6. The molecule has 0 aliphatic carbocycles. The first-order chi connectivity index (χ1) is 21.4. The second kappa shape index (κ2) is 29.1. The molecule has 4 N–H and O–H groups in total. The molecule has 2 heterocycles. The minimum absolute atomic E-state index is 0. The number of carboxylic acids is 4. The van der Waals surface area contributed by atoms with Gasteiger partial charge in [0.25, 0.3) is 0 Å². The van der Waals surface area contributed by atoms with Crippen LogP contribution in [0, 0.1) is 0 Å². The predicted octanol–water partition coefficient (Wildman–Crippen LogP) is -2.92. The summed E-state index contributed by atoms with van der Waals surface area (Å²) in [5, 5.41) is 43.7. The monoisotopic (exact) mass is 764 g/mol. The molecule has 2 aromatic carbocycles. The number of aliphatic carboxylic acids is 4. The number of carbonyl (C=O) groups excluding carboxylic acids is 6. The third kappa shape index (κ3) is 32.1. The van der Waals surface area contributed by atoms with Crippen LogP contribution in [0.1, 0.15) is 59.5 Å². The minimum atomic E-state index is -1.08. The molecule has 0 saturated heterocycles. The maximum Gasteiger partial charge on any atom is 2.00 e. The Hall–Kier alpha value is -5.28. The number of hydrogen-bond donors (Lipinski definition) is 2. The first-order valence-electron chi connectivity index (χ1n) is 12.9. The van der Waals surface area contributed by atoms with E-state index in [4.69, 9.17) is 51.1 Å². The van der Waals surface area contributed by atoms with Gasteiger partial charge in [0.05, 0.1) is 13.1 Å². The molecule has 4 rings (SSSR count). The maximum absolute atomic E-state index is 11.0. The minimum Gasteiger partial charge on any atom is -0.550 e. The van der Waals surface area contributed by atoms with Gasteiger partial charge in [0, 0.05) is 59.8 Å². The molecule has 2 amide bonds. The van der Waals surface area contributed by atoms with Gasteiger partial charge in [-0.1, -0.05) is 24.3 Å². The van der Waals surface area contributed by atoms with Crippen LogP contribution in [-0.2, 0) is 66.4 Å². The predicted molar refractivity (Wildman–Crippen MR) is 155 cm³/mol. The van der Waals surface area contributed by atoms with Crippen molar-refractivity contribution in [2.45, 2.75) is 40.8 Å².